The van der Waals surface area contributed by atoms with E-state index in [1.807, 2.05) is 18.2 Å². The lowest BCUT2D eigenvalue weighted by Crippen LogP contribution is -2.38. The van der Waals surface area contributed by atoms with Gasteiger partial charge in [-0.3, -0.25) is 4.90 Å². The highest BCUT2D eigenvalue weighted by atomic mass is 19.3. The van der Waals surface area contributed by atoms with Gasteiger partial charge in [-0.05, 0) is 31.0 Å². The van der Waals surface area contributed by atoms with E-state index in [4.69, 9.17) is 9.47 Å². The van der Waals surface area contributed by atoms with Crippen molar-refractivity contribution >= 4 is 5.78 Å². The number of fused-ring (bicyclic) bond motifs is 1. The van der Waals surface area contributed by atoms with E-state index in [0.29, 0.717) is 12.5 Å². The number of piperidine rings is 1. The number of rotatable bonds is 6. The summed E-state index contributed by atoms with van der Waals surface area (Å²) < 4.78 is 39.2. The predicted octanol–water partition coefficient (Wildman–Crippen LogP) is 3.70. The molecule has 0 N–H and O–H groups in total. The number of nitrogens with zero attached hydrogens (tertiary/aromatic N) is 5. The second kappa shape index (κ2) is 8.51. The molecular weight excluding hydrogens is 392 g/mol. The first-order chi connectivity index (χ1) is 14.5. The lowest BCUT2D eigenvalue weighted by molar-refractivity contribution is 0.143. The van der Waals surface area contributed by atoms with Gasteiger partial charge in [-0.1, -0.05) is 13.0 Å². The van der Waals surface area contributed by atoms with Crippen LogP contribution in [-0.4, -0.2) is 51.8 Å². The fourth-order valence-corrected chi connectivity index (χ4v) is 4.12. The van der Waals surface area contributed by atoms with Gasteiger partial charge in [-0.15, -0.1) is 0 Å². The van der Waals surface area contributed by atoms with Crippen LogP contribution in [0, 0.1) is 5.92 Å². The van der Waals surface area contributed by atoms with Crippen molar-refractivity contribution < 1.29 is 18.3 Å². The molecule has 7 nitrogen and oxygen atoms in total. The van der Waals surface area contributed by atoms with Gasteiger partial charge < -0.3 is 9.47 Å². The maximum atomic E-state index is 13.4. The second-order valence-electron chi connectivity index (χ2n) is 7.66. The van der Waals surface area contributed by atoms with Crippen molar-refractivity contribution in [3.63, 3.8) is 0 Å². The van der Waals surface area contributed by atoms with Crippen molar-refractivity contribution in [3.05, 3.63) is 47.5 Å². The molecule has 0 bridgehead atoms. The van der Waals surface area contributed by atoms with Crippen molar-refractivity contribution in [2.24, 2.45) is 5.92 Å². The van der Waals surface area contributed by atoms with Gasteiger partial charge in [0.15, 0.2) is 0 Å². The van der Waals surface area contributed by atoms with E-state index in [1.54, 1.807) is 18.7 Å². The van der Waals surface area contributed by atoms with E-state index in [1.165, 1.54) is 12.4 Å². The van der Waals surface area contributed by atoms with Crippen LogP contribution in [0.1, 0.15) is 42.6 Å². The Morgan fingerprint density at radius 2 is 2.03 bits per heavy atom. The van der Waals surface area contributed by atoms with E-state index in [2.05, 4.69) is 26.9 Å². The largest absolute Gasteiger partial charge is 0.497 e. The van der Waals surface area contributed by atoms with Crippen molar-refractivity contribution in [3.8, 4) is 11.5 Å². The lowest BCUT2D eigenvalue weighted by Gasteiger charge is -2.37. The summed E-state index contributed by atoms with van der Waals surface area (Å²) in [7, 11) is 3.27. The van der Waals surface area contributed by atoms with Gasteiger partial charge >= 0.3 is 0 Å². The second-order valence-corrected chi connectivity index (χ2v) is 7.66. The van der Waals surface area contributed by atoms with E-state index in [9.17, 15) is 8.78 Å². The highest BCUT2D eigenvalue weighted by molar-refractivity contribution is 5.41. The minimum Gasteiger partial charge on any atom is -0.497 e. The van der Waals surface area contributed by atoms with Crippen LogP contribution < -0.4 is 9.47 Å². The van der Waals surface area contributed by atoms with Crippen molar-refractivity contribution in [2.45, 2.75) is 32.2 Å². The Balaban J connectivity index is 1.62. The summed E-state index contributed by atoms with van der Waals surface area (Å²) in [5.74, 6) is 2.08. The molecule has 0 saturated carbocycles. The Hall–Kier alpha value is -2.81. The SMILES string of the molecule is COc1ccc(CN2CC[C@@H](C)[C@H](c3cc(C(F)F)nc4ncnn34)C2)c(OC)c1. The molecular formula is C21H25F2N5O2. The maximum Gasteiger partial charge on any atom is 0.280 e. The number of hydrogen-bond acceptors (Lipinski definition) is 6. The molecule has 0 spiro atoms. The van der Waals surface area contributed by atoms with Gasteiger partial charge in [0.2, 0.25) is 0 Å². The fraction of sp³-hybridized carbons (Fsp3) is 0.476. The first-order valence-corrected chi connectivity index (χ1v) is 9.92. The molecule has 0 aliphatic carbocycles. The molecule has 0 unspecified atom stereocenters. The predicted molar refractivity (Wildman–Crippen MR) is 107 cm³/mol. The number of hydrogen-bond donors (Lipinski definition) is 0. The van der Waals surface area contributed by atoms with Gasteiger partial charge in [0.1, 0.15) is 23.5 Å². The molecule has 3 aromatic rings. The number of halogens is 2. The average Bonchev–Trinajstić information content (AvgIpc) is 3.23. The molecule has 1 aliphatic heterocycles. The van der Waals surface area contributed by atoms with Crippen LogP contribution >= 0.6 is 0 Å². The topological polar surface area (TPSA) is 64.8 Å². The number of alkyl halides is 2. The number of aromatic nitrogens is 4. The number of methoxy groups -OCH3 is 2. The molecule has 0 amide bonds. The van der Waals surface area contributed by atoms with Gasteiger partial charge in [-0.2, -0.15) is 10.1 Å². The molecule has 30 heavy (non-hydrogen) atoms. The zero-order valence-corrected chi connectivity index (χ0v) is 17.3. The first kappa shape index (κ1) is 20.5. The molecule has 0 radical (unpaired) electrons. The van der Waals surface area contributed by atoms with Gasteiger partial charge in [-0.25, -0.2) is 18.3 Å². The normalized spacial score (nSPS) is 20.1. The highest BCUT2D eigenvalue weighted by Gasteiger charge is 2.31. The average molecular weight is 417 g/mol. The van der Waals surface area contributed by atoms with Crippen LogP contribution in [0.4, 0.5) is 8.78 Å². The monoisotopic (exact) mass is 417 g/mol. The molecule has 2 atom stereocenters. The third-order valence-corrected chi connectivity index (χ3v) is 5.83. The summed E-state index contributed by atoms with van der Waals surface area (Å²) in [5, 5.41) is 4.23. The van der Waals surface area contributed by atoms with Gasteiger partial charge in [0.05, 0.1) is 19.9 Å². The van der Waals surface area contributed by atoms with Crippen LogP contribution in [0.15, 0.2) is 30.6 Å². The van der Waals surface area contributed by atoms with Crippen molar-refractivity contribution in [2.75, 3.05) is 27.3 Å². The minimum absolute atomic E-state index is 0.0349. The molecule has 1 aromatic carbocycles. The number of benzene rings is 1. The summed E-state index contributed by atoms with van der Waals surface area (Å²) in [6.07, 6.45) is -0.343. The summed E-state index contributed by atoms with van der Waals surface area (Å²) in [6.45, 7) is 4.49. The highest BCUT2D eigenvalue weighted by Crippen LogP contribution is 2.35. The smallest absolute Gasteiger partial charge is 0.280 e. The van der Waals surface area contributed by atoms with E-state index in [0.717, 1.165) is 42.3 Å². The zero-order valence-electron chi connectivity index (χ0n) is 17.3. The summed E-state index contributed by atoms with van der Waals surface area (Å²) in [4.78, 5) is 10.3. The standard InChI is InChI=1S/C21H25F2N5O2/c1-13-6-7-27(10-14-4-5-15(29-2)8-19(14)30-3)11-16(13)18-9-17(20(22)23)26-21-24-12-25-28(18)21/h4-5,8-9,12-13,16,20H,6-7,10-11H2,1-3H3/t13-,16-/m1/s1. The molecule has 1 saturated heterocycles. The summed E-state index contributed by atoms with van der Waals surface area (Å²) in [5.41, 5.74) is 1.53. The number of likely N-dealkylation sites (tertiary alicyclic amines) is 1. The minimum atomic E-state index is -2.65. The molecule has 1 fully saturated rings. The zero-order chi connectivity index (χ0) is 21.3. The van der Waals surface area contributed by atoms with Gasteiger partial charge in [0, 0.05) is 30.6 Å². The molecule has 1 aliphatic rings. The maximum absolute atomic E-state index is 13.4. The van der Waals surface area contributed by atoms with Crippen molar-refractivity contribution in [1.29, 1.82) is 0 Å². The molecule has 2 aromatic heterocycles. The fourth-order valence-electron chi connectivity index (χ4n) is 4.12. The van der Waals surface area contributed by atoms with Gasteiger partial charge in [0.25, 0.3) is 12.2 Å². The number of ether oxygens (including phenoxy) is 2. The Bertz CT molecular complexity index is 1030. The van der Waals surface area contributed by atoms with Crippen LogP contribution in [-0.2, 0) is 6.54 Å². The summed E-state index contributed by atoms with van der Waals surface area (Å²) >= 11 is 0. The first-order valence-electron chi connectivity index (χ1n) is 9.92. The van der Waals surface area contributed by atoms with E-state index in [-0.39, 0.29) is 17.4 Å². The summed E-state index contributed by atoms with van der Waals surface area (Å²) in [6, 6.07) is 7.27. The Morgan fingerprint density at radius 1 is 1.20 bits per heavy atom. The quantitative estimate of drug-likeness (QED) is 0.609. The van der Waals surface area contributed by atoms with Crippen molar-refractivity contribution in [1.82, 2.24) is 24.5 Å². The Morgan fingerprint density at radius 3 is 2.77 bits per heavy atom. The Labute approximate surface area is 173 Å². The molecule has 9 heteroatoms. The third-order valence-electron chi connectivity index (χ3n) is 5.83. The van der Waals surface area contributed by atoms with E-state index < -0.39 is 6.43 Å². The lowest BCUT2D eigenvalue weighted by atomic mass is 9.84. The van der Waals surface area contributed by atoms with Crippen LogP contribution in [0.2, 0.25) is 0 Å². The van der Waals surface area contributed by atoms with Crippen LogP contribution in [0.5, 0.6) is 11.5 Å². The molecule has 160 valence electrons. The molecule has 3 heterocycles. The van der Waals surface area contributed by atoms with Crippen LogP contribution in [0.3, 0.4) is 0 Å². The molecule has 4 rings (SSSR count). The Kier molecular flexibility index (Phi) is 5.80. The van der Waals surface area contributed by atoms with Crippen LogP contribution in [0.25, 0.3) is 5.78 Å². The van der Waals surface area contributed by atoms with E-state index >= 15 is 0 Å². The third kappa shape index (κ3) is 3.94.